The molecule has 0 saturated carbocycles. The fourth-order valence-corrected chi connectivity index (χ4v) is 2.74. The highest BCUT2D eigenvalue weighted by molar-refractivity contribution is 5.85. The van der Waals surface area contributed by atoms with Gasteiger partial charge >= 0.3 is 0 Å². The summed E-state index contributed by atoms with van der Waals surface area (Å²) in [5.74, 6) is -0.0486. The van der Waals surface area contributed by atoms with Gasteiger partial charge < -0.3 is 11.1 Å². The molecule has 0 aliphatic heterocycles. The third-order valence-electron chi connectivity index (χ3n) is 4.28. The predicted octanol–water partition coefficient (Wildman–Crippen LogP) is 3.26. The number of aromatic nitrogens is 3. The van der Waals surface area contributed by atoms with Crippen LogP contribution in [-0.4, -0.2) is 20.9 Å². The summed E-state index contributed by atoms with van der Waals surface area (Å²) in [6, 6.07) is 17.3. The molecule has 3 rings (SSSR count). The zero-order chi connectivity index (χ0) is 18.6. The highest BCUT2D eigenvalue weighted by Gasteiger charge is 2.26. The second-order valence-corrected chi connectivity index (χ2v) is 6.76. The summed E-state index contributed by atoms with van der Waals surface area (Å²) >= 11 is 0. The lowest BCUT2D eigenvalue weighted by Gasteiger charge is -2.23. The van der Waals surface area contributed by atoms with Gasteiger partial charge in [0, 0.05) is 12.1 Å². The Hall–Kier alpha value is -2.86. The van der Waals surface area contributed by atoms with E-state index in [1.165, 1.54) is 0 Å². The number of hydrogen-bond acceptors (Lipinski definition) is 4. The number of para-hydroxylation sites is 2. The third kappa shape index (κ3) is 5.08. The molecular formula is C20H24ClN5O. The summed E-state index contributed by atoms with van der Waals surface area (Å²) in [4.78, 5) is 12.4. The number of nitrogen functional groups attached to an aromatic ring is 1. The van der Waals surface area contributed by atoms with Crippen molar-refractivity contribution in [2.45, 2.75) is 32.2 Å². The van der Waals surface area contributed by atoms with E-state index in [2.05, 4.69) is 15.6 Å². The van der Waals surface area contributed by atoms with Crippen LogP contribution in [0.25, 0.3) is 5.69 Å². The van der Waals surface area contributed by atoms with E-state index in [0.717, 1.165) is 11.3 Å². The number of aryl methyl sites for hydroxylation is 1. The fourth-order valence-electron chi connectivity index (χ4n) is 2.74. The zero-order valence-electron chi connectivity index (χ0n) is 15.4. The number of rotatable bonds is 6. The molecule has 7 heteroatoms. The van der Waals surface area contributed by atoms with Crippen LogP contribution in [0.2, 0.25) is 0 Å². The topological polar surface area (TPSA) is 85.8 Å². The average molecular weight is 386 g/mol. The van der Waals surface area contributed by atoms with E-state index in [1.807, 2.05) is 74.6 Å². The standard InChI is InChI=1S/C20H23N5O.ClH/c1-20(2,18-14-25(24-23-18)16-9-4-3-5-10-16)22-19(26)13-12-15-8-6-7-11-17(15)21;/h3-11,14H,12-13,21H2,1-2H3,(H,22,26);1H. The first-order valence-corrected chi connectivity index (χ1v) is 8.58. The molecule has 2 aromatic carbocycles. The van der Waals surface area contributed by atoms with Crippen LogP contribution in [0.1, 0.15) is 31.5 Å². The second-order valence-electron chi connectivity index (χ2n) is 6.76. The molecular weight excluding hydrogens is 362 g/mol. The number of hydrogen-bond donors (Lipinski definition) is 2. The van der Waals surface area contributed by atoms with E-state index in [-0.39, 0.29) is 18.3 Å². The molecule has 0 unspecified atom stereocenters. The van der Waals surface area contributed by atoms with Crippen LogP contribution in [0, 0.1) is 0 Å². The van der Waals surface area contributed by atoms with Crippen molar-refractivity contribution < 1.29 is 4.79 Å². The molecule has 27 heavy (non-hydrogen) atoms. The fraction of sp³-hybridized carbons (Fsp3) is 0.250. The van der Waals surface area contributed by atoms with Crippen molar-refractivity contribution in [3.8, 4) is 5.69 Å². The number of nitrogens with one attached hydrogen (secondary N) is 1. The number of carbonyl (C=O) groups excluding carboxylic acids is 1. The minimum absolute atomic E-state index is 0. The summed E-state index contributed by atoms with van der Waals surface area (Å²) in [5, 5.41) is 11.4. The molecule has 3 aromatic rings. The summed E-state index contributed by atoms with van der Waals surface area (Å²) in [5.41, 5.74) is 8.63. The Bertz CT molecular complexity index is 892. The van der Waals surface area contributed by atoms with Gasteiger partial charge in [-0.15, -0.1) is 17.5 Å². The molecule has 1 aromatic heterocycles. The normalized spacial score (nSPS) is 10.9. The van der Waals surface area contributed by atoms with Crippen LogP contribution in [0.3, 0.4) is 0 Å². The molecule has 0 fully saturated rings. The van der Waals surface area contributed by atoms with Gasteiger partial charge in [0.25, 0.3) is 0 Å². The SMILES string of the molecule is CC(C)(NC(=O)CCc1ccccc1N)c1cn(-c2ccccc2)nn1.Cl. The Morgan fingerprint density at radius 1 is 1.11 bits per heavy atom. The number of anilines is 1. The van der Waals surface area contributed by atoms with Crippen LogP contribution >= 0.6 is 12.4 Å². The van der Waals surface area contributed by atoms with Gasteiger partial charge in [-0.25, -0.2) is 4.68 Å². The van der Waals surface area contributed by atoms with Crippen LogP contribution in [0.4, 0.5) is 5.69 Å². The highest BCUT2D eigenvalue weighted by Crippen LogP contribution is 2.19. The molecule has 0 radical (unpaired) electrons. The lowest BCUT2D eigenvalue weighted by Crippen LogP contribution is -2.41. The molecule has 1 amide bonds. The quantitative estimate of drug-likeness (QED) is 0.638. The first kappa shape index (κ1) is 20.5. The Morgan fingerprint density at radius 2 is 1.78 bits per heavy atom. The van der Waals surface area contributed by atoms with Crippen molar-refractivity contribution >= 4 is 24.0 Å². The van der Waals surface area contributed by atoms with Crippen molar-refractivity contribution in [1.29, 1.82) is 0 Å². The summed E-state index contributed by atoms with van der Waals surface area (Å²) < 4.78 is 1.70. The van der Waals surface area contributed by atoms with E-state index >= 15 is 0 Å². The van der Waals surface area contributed by atoms with Gasteiger partial charge in [-0.1, -0.05) is 41.6 Å². The molecule has 0 aliphatic carbocycles. The van der Waals surface area contributed by atoms with Crippen LogP contribution in [0.15, 0.2) is 60.8 Å². The van der Waals surface area contributed by atoms with E-state index in [4.69, 9.17) is 5.73 Å². The first-order chi connectivity index (χ1) is 12.5. The van der Waals surface area contributed by atoms with Crippen molar-refractivity contribution in [3.05, 3.63) is 72.1 Å². The minimum Gasteiger partial charge on any atom is -0.399 e. The van der Waals surface area contributed by atoms with Crippen molar-refractivity contribution in [3.63, 3.8) is 0 Å². The number of benzene rings is 2. The van der Waals surface area contributed by atoms with Gasteiger partial charge in [0.1, 0.15) is 5.69 Å². The molecule has 1 heterocycles. The van der Waals surface area contributed by atoms with Crippen molar-refractivity contribution in [2.24, 2.45) is 0 Å². The lowest BCUT2D eigenvalue weighted by molar-refractivity contribution is -0.122. The minimum atomic E-state index is -0.619. The van der Waals surface area contributed by atoms with Gasteiger partial charge in [-0.05, 0) is 44.0 Å². The molecule has 142 valence electrons. The van der Waals surface area contributed by atoms with E-state index in [0.29, 0.717) is 24.2 Å². The number of carbonyl (C=O) groups is 1. The zero-order valence-corrected chi connectivity index (χ0v) is 16.2. The molecule has 0 aliphatic rings. The van der Waals surface area contributed by atoms with Crippen molar-refractivity contribution in [2.75, 3.05) is 5.73 Å². The van der Waals surface area contributed by atoms with Gasteiger partial charge in [0.2, 0.25) is 5.91 Å². The smallest absolute Gasteiger partial charge is 0.221 e. The molecule has 0 saturated heterocycles. The number of nitrogens with zero attached hydrogens (tertiary/aromatic N) is 3. The average Bonchev–Trinajstić information content (AvgIpc) is 3.13. The van der Waals surface area contributed by atoms with Gasteiger partial charge in [-0.3, -0.25) is 4.79 Å². The largest absolute Gasteiger partial charge is 0.399 e. The molecule has 3 N–H and O–H groups in total. The van der Waals surface area contributed by atoms with Crippen molar-refractivity contribution in [1.82, 2.24) is 20.3 Å². The Balaban J connectivity index is 0.00000261. The highest BCUT2D eigenvalue weighted by atomic mass is 35.5. The number of amides is 1. The Morgan fingerprint density at radius 3 is 2.48 bits per heavy atom. The summed E-state index contributed by atoms with van der Waals surface area (Å²) in [7, 11) is 0. The van der Waals surface area contributed by atoms with Gasteiger partial charge in [0.05, 0.1) is 17.4 Å². The first-order valence-electron chi connectivity index (χ1n) is 8.58. The Kier molecular flexibility index (Phi) is 6.58. The maximum Gasteiger partial charge on any atom is 0.221 e. The molecule has 6 nitrogen and oxygen atoms in total. The molecule has 0 bridgehead atoms. The van der Waals surface area contributed by atoms with E-state index < -0.39 is 5.54 Å². The summed E-state index contributed by atoms with van der Waals surface area (Å²) in [6.45, 7) is 3.84. The van der Waals surface area contributed by atoms with Crippen LogP contribution in [0.5, 0.6) is 0 Å². The monoisotopic (exact) mass is 385 g/mol. The van der Waals surface area contributed by atoms with E-state index in [1.54, 1.807) is 4.68 Å². The Labute approximate surface area is 165 Å². The summed E-state index contributed by atoms with van der Waals surface area (Å²) in [6.07, 6.45) is 2.81. The van der Waals surface area contributed by atoms with Gasteiger partial charge in [0.15, 0.2) is 0 Å². The third-order valence-corrected chi connectivity index (χ3v) is 4.28. The van der Waals surface area contributed by atoms with E-state index in [9.17, 15) is 4.79 Å². The maximum absolute atomic E-state index is 12.4. The number of halogens is 1. The van der Waals surface area contributed by atoms with Gasteiger partial charge in [-0.2, -0.15) is 0 Å². The molecule has 0 atom stereocenters. The molecule has 0 spiro atoms. The number of nitrogens with two attached hydrogens (primary N) is 1. The second kappa shape index (κ2) is 8.68. The predicted molar refractivity (Wildman–Crippen MR) is 109 cm³/mol. The van der Waals surface area contributed by atoms with Crippen LogP contribution < -0.4 is 11.1 Å². The van der Waals surface area contributed by atoms with Crippen LogP contribution in [-0.2, 0) is 16.8 Å². The lowest BCUT2D eigenvalue weighted by atomic mass is 10.0. The maximum atomic E-state index is 12.4.